The van der Waals surface area contributed by atoms with E-state index in [1.54, 1.807) is 0 Å². The molecule has 0 rings (SSSR count). The highest BCUT2D eigenvalue weighted by Crippen LogP contribution is 2.21. The van der Waals surface area contributed by atoms with E-state index in [9.17, 15) is 4.79 Å². The van der Waals surface area contributed by atoms with Crippen LogP contribution in [0.5, 0.6) is 0 Å². The molecule has 1 unspecified atom stereocenters. The average molecular weight is 399 g/mol. The largest absolute Gasteiger partial charge is 0.508 e. The Kier molecular flexibility index (Phi) is 17.8. The molecule has 0 aromatic carbocycles. The fourth-order valence-electron chi connectivity index (χ4n) is 3.47. The lowest BCUT2D eigenvalue weighted by atomic mass is 9.90. The summed E-state index contributed by atoms with van der Waals surface area (Å²) in [7, 11) is 0. The van der Waals surface area contributed by atoms with E-state index in [0.29, 0.717) is 12.0 Å². The van der Waals surface area contributed by atoms with Crippen LogP contribution in [0.4, 0.5) is 4.79 Å². The lowest BCUT2D eigenvalue weighted by molar-refractivity contribution is 0.0152. The molecule has 1 atom stereocenters. The normalized spacial score (nSPS) is 12.8. The van der Waals surface area contributed by atoms with Crippen molar-refractivity contribution in [2.75, 3.05) is 6.61 Å². The number of carbonyl (C=O) groups excluding carboxylic acids is 1. The number of carbonyl (C=O) groups is 1. The van der Waals surface area contributed by atoms with Gasteiger partial charge in [-0.15, -0.1) is 0 Å². The second kappa shape index (κ2) is 18.3. The molecule has 0 aliphatic carbocycles. The number of rotatable bonds is 18. The van der Waals surface area contributed by atoms with Crippen LogP contribution in [0.15, 0.2) is 0 Å². The zero-order chi connectivity index (χ0) is 21.1. The fraction of sp³-hybridized carbons (Fsp3) is 0.960. The standard InChI is InChI=1S/C25H50O3/c1-6-8-10-12-14-16-20-23(19-15-13-11-9-7-2)28-24(26)27-22-18-17-21-25(3,4)5/h23H,6-22H2,1-5H3. The monoisotopic (exact) mass is 398 g/mol. The first-order valence-corrected chi connectivity index (χ1v) is 12.2. The molecule has 0 saturated heterocycles. The lowest BCUT2D eigenvalue weighted by Gasteiger charge is -2.19. The molecular formula is C25H50O3. The van der Waals surface area contributed by atoms with Crippen LogP contribution in [0, 0.1) is 5.41 Å². The molecule has 0 amide bonds. The third-order valence-electron chi connectivity index (χ3n) is 5.31. The lowest BCUT2D eigenvalue weighted by Crippen LogP contribution is -2.20. The molecule has 0 aliphatic heterocycles. The van der Waals surface area contributed by atoms with Crippen molar-refractivity contribution in [2.24, 2.45) is 5.41 Å². The summed E-state index contributed by atoms with van der Waals surface area (Å²) in [6.07, 6.45) is 18.6. The zero-order valence-electron chi connectivity index (χ0n) is 19.8. The maximum absolute atomic E-state index is 12.1. The summed E-state index contributed by atoms with van der Waals surface area (Å²) in [5, 5.41) is 0. The molecule has 0 heterocycles. The van der Waals surface area contributed by atoms with Crippen LogP contribution < -0.4 is 0 Å². The molecule has 168 valence electrons. The van der Waals surface area contributed by atoms with Gasteiger partial charge < -0.3 is 9.47 Å². The van der Waals surface area contributed by atoms with Crippen LogP contribution >= 0.6 is 0 Å². The molecule has 0 bridgehead atoms. The van der Waals surface area contributed by atoms with Gasteiger partial charge in [-0.2, -0.15) is 0 Å². The van der Waals surface area contributed by atoms with Crippen LogP contribution in [-0.2, 0) is 9.47 Å². The Bertz CT molecular complexity index is 346. The maximum Gasteiger partial charge on any atom is 0.508 e. The first-order chi connectivity index (χ1) is 13.4. The number of hydrogen-bond acceptors (Lipinski definition) is 3. The first kappa shape index (κ1) is 27.3. The van der Waals surface area contributed by atoms with E-state index < -0.39 is 6.16 Å². The number of unbranched alkanes of at least 4 members (excludes halogenated alkanes) is 10. The Morgan fingerprint density at radius 3 is 1.71 bits per heavy atom. The third kappa shape index (κ3) is 20.0. The zero-order valence-corrected chi connectivity index (χ0v) is 19.8. The van der Waals surface area contributed by atoms with Crippen LogP contribution in [-0.4, -0.2) is 18.9 Å². The van der Waals surface area contributed by atoms with Crippen molar-refractivity contribution in [3.05, 3.63) is 0 Å². The van der Waals surface area contributed by atoms with Gasteiger partial charge in [0.25, 0.3) is 0 Å². The van der Waals surface area contributed by atoms with Gasteiger partial charge in [0, 0.05) is 0 Å². The molecule has 0 aromatic rings. The molecule has 0 N–H and O–H groups in total. The number of ether oxygens (including phenoxy) is 2. The minimum Gasteiger partial charge on any atom is -0.434 e. The van der Waals surface area contributed by atoms with Crippen LogP contribution in [0.2, 0.25) is 0 Å². The van der Waals surface area contributed by atoms with E-state index in [4.69, 9.17) is 9.47 Å². The first-order valence-electron chi connectivity index (χ1n) is 12.2. The van der Waals surface area contributed by atoms with Crippen molar-refractivity contribution in [2.45, 2.75) is 143 Å². The molecule has 3 heteroatoms. The SMILES string of the molecule is CCCCCCCCC(CCCCCCC)OC(=O)OCCCCC(C)(C)C. The van der Waals surface area contributed by atoms with Crippen LogP contribution in [0.3, 0.4) is 0 Å². The predicted molar refractivity (Wildman–Crippen MR) is 121 cm³/mol. The topological polar surface area (TPSA) is 35.5 Å². The molecule has 0 spiro atoms. The van der Waals surface area contributed by atoms with E-state index in [-0.39, 0.29) is 6.10 Å². The molecule has 0 aromatic heterocycles. The molecule has 0 aliphatic rings. The van der Waals surface area contributed by atoms with Crippen molar-refractivity contribution < 1.29 is 14.3 Å². The van der Waals surface area contributed by atoms with Crippen LogP contribution in [0.1, 0.15) is 137 Å². The summed E-state index contributed by atoms with van der Waals surface area (Å²) < 4.78 is 11.0. The Morgan fingerprint density at radius 2 is 1.21 bits per heavy atom. The Hall–Kier alpha value is -0.730. The highest BCUT2D eigenvalue weighted by molar-refractivity contribution is 5.60. The summed E-state index contributed by atoms with van der Waals surface area (Å²) in [6, 6.07) is 0. The highest BCUT2D eigenvalue weighted by Gasteiger charge is 2.15. The van der Waals surface area contributed by atoms with E-state index in [2.05, 4.69) is 34.6 Å². The van der Waals surface area contributed by atoms with Gasteiger partial charge >= 0.3 is 6.16 Å². The summed E-state index contributed by atoms with van der Waals surface area (Å²) in [6.45, 7) is 11.7. The van der Waals surface area contributed by atoms with Gasteiger partial charge in [-0.05, 0) is 50.4 Å². The minimum absolute atomic E-state index is 0.0369. The average Bonchev–Trinajstić information content (AvgIpc) is 2.62. The van der Waals surface area contributed by atoms with Gasteiger partial charge in [-0.1, -0.05) is 92.4 Å². The molecule has 3 nitrogen and oxygen atoms in total. The highest BCUT2D eigenvalue weighted by atomic mass is 16.7. The Balaban J connectivity index is 4.05. The fourth-order valence-corrected chi connectivity index (χ4v) is 3.47. The van der Waals surface area contributed by atoms with E-state index >= 15 is 0 Å². The quantitative estimate of drug-likeness (QED) is 0.171. The third-order valence-corrected chi connectivity index (χ3v) is 5.31. The predicted octanol–water partition coefficient (Wildman–Crippen LogP) is 8.84. The van der Waals surface area contributed by atoms with E-state index in [1.165, 1.54) is 57.8 Å². The summed E-state index contributed by atoms with van der Waals surface area (Å²) in [4.78, 5) is 12.1. The van der Waals surface area contributed by atoms with E-state index in [0.717, 1.165) is 44.9 Å². The van der Waals surface area contributed by atoms with Gasteiger partial charge in [0.1, 0.15) is 6.10 Å². The van der Waals surface area contributed by atoms with Crippen molar-refractivity contribution >= 4 is 6.16 Å². The van der Waals surface area contributed by atoms with Gasteiger partial charge in [-0.3, -0.25) is 0 Å². The van der Waals surface area contributed by atoms with Crippen molar-refractivity contribution in [3.8, 4) is 0 Å². The maximum atomic E-state index is 12.1. The van der Waals surface area contributed by atoms with Crippen LogP contribution in [0.25, 0.3) is 0 Å². The summed E-state index contributed by atoms with van der Waals surface area (Å²) in [5.41, 5.74) is 0.348. The number of hydrogen-bond donors (Lipinski definition) is 0. The van der Waals surface area contributed by atoms with Gasteiger partial charge in [-0.25, -0.2) is 4.79 Å². The molecule has 0 saturated carbocycles. The van der Waals surface area contributed by atoms with Gasteiger partial charge in [0.05, 0.1) is 6.61 Å². The second-order valence-electron chi connectivity index (χ2n) is 9.62. The second-order valence-corrected chi connectivity index (χ2v) is 9.62. The summed E-state index contributed by atoms with van der Waals surface area (Å²) in [5.74, 6) is 0. The smallest absolute Gasteiger partial charge is 0.434 e. The van der Waals surface area contributed by atoms with Crippen molar-refractivity contribution in [1.29, 1.82) is 0 Å². The Labute approximate surface area is 176 Å². The van der Waals surface area contributed by atoms with E-state index in [1.807, 2.05) is 0 Å². The van der Waals surface area contributed by atoms with Gasteiger partial charge in [0.2, 0.25) is 0 Å². The molecule has 0 radical (unpaired) electrons. The summed E-state index contributed by atoms with van der Waals surface area (Å²) >= 11 is 0. The molecule has 28 heavy (non-hydrogen) atoms. The van der Waals surface area contributed by atoms with Crippen molar-refractivity contribution in [3.63, 3.8) is 0 Å². The minimum atomic E-state index is -0.458. The Morgan fingerprint density at radius 1 is 0.714 bits per heavy atom. The van der Waals surface area contributed by atoms with Gasteiger partial charge in [0.15, 0.2) is 0 Å². The van der Waals surface area contributed by atoms with Crippen molar-refractivity contribution in [1.82, 2.24) is 0 Å². The molecular weight excluding hydrogens is 348 g/mol. The molecule has 0 fully saturated rings.